The molecule has 0 unspecified atom stereocenters. The van der Waals surface area contributed by atoms with E-state index >= 15 is 0 Å². The summed E-state index contributed by atoms with van der Waals surface area (Å²) < 4.78 is 46.3. The maximum absolute atomic E-state index is 14.2. The first-order valence-corrected chi connectivity index (χ1v) is 14.8. The van der Waals surface area contributed by atoms with Gasteiger partial charge in [-0.25, -0.2) is 13.2 Å². The number of benzene rings is 3. The van der Waals surface area contributed by atoms with Crippen molar-refractivity contribution in [3.8, 4) is 11.5 Å². The number of carbonyl (C=O) groups is 1. The molecule has 1 saturated carbocycles. The molecule has 1 fully saturated rings. The highest BCUT2D eigenvalue weighted by atomic mass is 32.2. The number of amides is 1. The van der Waals surface area contributed by atoms with E-state index in [4.69, 9.17) is 14.2 Å². The molecule has 10 heteroatoms. The van der Waals surface area contributed by atoms with Crippen molar-refractivity contribution >= 4 is 16.1 Å². The Morgan fingerprint density at radius 3 is 2.20 bits per heavy atom. The van der Waals surface area contributed by atoms with E-state index in [0.29, 0.717) is 17.1 Å². The second kappa shape index (κ2) is 13.6. The fraction of sp³-hybridized carbons (Fsp3) is 0.367. The number of aliphatic hydroxyl groups excluding tert-OH is 1. The van der Waals surface area contributed by atoms with Crippen molar-refractivity contribution in [3.05, 3.63) is 90.0 Å². The first-order chi connectivity index (χ1) is 19.3. The molecule has 0 heterocycles. The van der Waals surface area contributed by atoms with Gasteiger partial charge in [-0.3, -0.25) is 0 Å². The Balaban J connectivity index is 1.64. The van der Waals surface area contributed by atoms with E-state index in [9.17, 15) is 18.3 Å². The Morgan fingerprint density at radius 1 is 0.975 bits per heavy atom. The van der Waals surface area contributed by atoms with Crippen LogP contribution in [0.3, 0.4) is 0 Å². The van der Waals surface area contributed by atoms with Gasteiger partial charge in [-0.05, 0) is 55.9 Å². The monoisotopic (exact) mass is 568 g/mol. The van der Waals surface area contributed by atoms with Gasteiger partial charge >= 0.3 is 6.09 Å². The highest BCUT2D eigenvalue weighted by molar-refractivity contribution is 7.89. The van der Waals surface area contributed by atoms with E-state index in [2.05, 4.69) is 5.32 Å². The number of hydrogen-bond acceptors (Lipinski definition) is 7. The third kappa shape index (κ3) is 7.53. The lowest BCUT2D eigenvalue weighted by Crippen LogP contribution is -2.55. The summed E-state index contributed by atoms with van der Waals surface area (Å²) in [7, 11) is -2.77. The summed E-state index contributed by atoms with van der Waals surface area (Å²) in [5, 5.41) is 13.3. The van der Waals surface area contributed by atoms with Gasteiger partial charge in [0, 0.05) is 12.6 Å². The summed E-state index contributed by atoms with van der Waals surface area (Å²) >= 11 is 0. The van der Waals surface area contributed by atoms with Gasteiger partial charge in [-0.15, -0.1) is 0 Å². The van der Waals surface area contributed by atoms with Gasteiger partial charge in [0.1, 0.15) is 12.8 Å². The van der Waals surface area contributed by atoms with Crippen LogP contribution >= 0.6 is 0 Å². The van der Waals surface area contributed by atoms with Crippen LogP contribution in [0, 0.1) is 0 Å². The third-order valence-corrected chi connectivity index (χ3v) is 8.59. The quantitative estimate of drug-likeness (QED) is 0.301. The van der Waals surface area contributed by atoms with Crippen LogP contribution in [0.5, 0.6) is 11.5 Å². The van der Waals surface area contributed by atoms with Gasteiger partial charge in [0.15, 0.2) is 11.5 Å². The number of nitrogens with zero attached hydrogens (tertiary/aromatic N) is 1. The third-order valence-electron chi connectivity index (χ3n) is 6.76. The van der Waals surface area contributed by atoms with Crippen LogP contribution in [0.4, 0.5) is 4.79 Å². The Morgan fingerprint density at radius 2 is 1.60 bits per heavy atom. The van der Waals surface area contributed by atoms with Crippen molar-refractivity contribution < 1.29 is 32.5 Å². The van der Waals surface area contributed by atoms with Gasteiger partial charge in [-0.1, -0.05) is 60.7 Å². The molecular formula is C30H36N2O7S. The molecule has 1 aliphatic rings. The molecule has 3 aromatic rings. The Kier molecular flexibility index (Phi) is 10.0. The van der Waals surface area contributed by atoms with Crippen molar-refractivity contribution in [2.75, 3.05) is 7.11 Å². The fourth-order valence-corrected chi connectivity index (χ4v) is 6.26. The molecule has 214 valence electrons. The average Bonchev–Trinajstić information content (AvgIpc) is 3.48. The lowest BCUT2D eigenvalue weighted by molar-refractivity contribution is 0.0679. The normalized spacial score (nSPS) is 15.4. The van der Waals surface area contributed by atoms with E-state index in [0.717, 1.165) is 35.6 Å². The molecule has 40 heavy (non-hydrogen) atoms. The number of rotatable bonds is 12. The smallest absolute Gasteiger partial charge is 0.408 e. The predicted octanol–water partition coefficient (Wildman–Crippen LogP) is 4.84. The second-order valence-electron chi connectivity index (χ2n) is 9.76. The van der Waals surface area contributed by atoms with Gasteiger partial charge in [0.25, 0.3) is 0 Å². The summed E-state index contributed by atoms with van der Waals surface area (Å²) in [6, 6.07) is 22.5. The molecule has 0 aliphatic heterocycles. The molecule has 0 spiro atoms. The molecule has 2 atom stereocenters. The molecule has 1 aliphatic carbocycles. The van der Waals surface area contributed by atoms with Crippen molar-refractivity contribution in [1.82, 2.24) is 9.62 Å². The Hall–Kier alpha value is -3.60. The van der Waals surface area contributed by atoms with E-state index in [-0.39, 0.29) is 24.2 Å². The summed E-state index contributed by atoms with van der Waals surface area (Å²) in [4.78, 5) is 12.7. The van der Waals surface area contributed by atoms with Crippen LogP contribution in [0.25, 0.3) is 0 Å². The van der Waals surface area contributed by atoms with Crippen LogP contribution in [0.15, 0.2) is 83.8 Å². The van der Waals surface area contributed by atoms with Gasteiger partial charge < -0.3 is 24.6 Å². The SMILES string of the molecule is COc1ccc(S(=O)(=O)N(Cc2ccccc2)[C@H](NC(=O)OCc2ccccc2)[C@H](C)O)cc1OC1CCCC1. The first kappa shape index (κ1) is 29.4. The Labute approximate surface area is 235 Å². The summed E-state index contributed by atoms with van der Waals surface area (Å²) in [6.07, 6.45) is 0.417. The van der Waals surface area contributed by atoms with E-state index in [1.807, 2.05) is 24.3 Å². The van der Waals surface area contributed by atoms with Crippen molar-refractivity contribution in [2.24, 2.45) is 0 Å². The standard InChI is InChI=1S/C30H36N2O7S/c1-22(33)29(31-30(34)38-21-24-13-7-4-8-14-24)32(20-23-11-5-3-6-12-23)40(35,36)26-17-18-27(37-2)28(19-26)39-25-15-9-10-16-25/h3-8,11-14,17-19,22,25,29,33H,9-10,15-16,20-21H2,1-2H3,(H,31,34)/t22-,29-/m0/s1. The number of sulfonamides is 1. The maximum atomic E-state index is 14.2. The summed E-state index contributed by atoms with van der Waals surface area (Å²) in [6.45, 7) is 1.30. The highest BCUT2D eigenvalue weighted by Crippen LogP contribution is 2.35. The molecular weight excluding hydrogens is 532 g/mol. The van der Waals surface area contributed by atoms with Crippen LogP contribution < -0.4 is 14.8 Å². The van der Waals surface area contributed by atoms with Gasteiger partial charge in [0.2, 0.25) is 10.0 Å². The van der Waals surface area contributed by atoms with Gasteiger partial charge in [0.05, 0.1) is 24.2 Å². The summed E-state index contributed by atoms with van der Waals surface area (Å²) in [5.41, 5.74) is 1.44. The lowest BCUT2D eigenvalue weighted by Gasteiger charge is -2.33. The van der Waals surface area contributed by atoms with E-state index in [1.165, 1.54) is 26.2 Å². The molecule has 1 amide bonds. The number of aliphatic hydroxyl groups is 1. The number of carbonyl (C=O) groups excluding carboxylic acids is 1. The molecule has 4 rings (SSSR count). The van der Waals surface area contributed by atoms with Crippen LogP contribution in [0.1, 0.15) is 43.7 Å². The minimum atomic E-state index is -4.27. The minimum absolute atomic E-state index is 0.00894. The predicted molar refractivity (Wildman–Crippen MR) is 150 cm³/mol. The highest BCUT2D eigenvalue weighted by Gasteiger charge is 2.36. The Bertz CT molecular complexity index is 1340. The number of nitrogens with one attached hydrogen (secondary N) is 1. The van der Waals surface area contributed by atoms with E-state index in [1.54, 1.807) is 42.5 Å². The zero-order valence-electron chi connectivity index (χ0n) is 22.7. The van der Waals surface area contributed by atoms with Gasteiger partial charge in [-0.2, -0.15) is 4.31 Å². The van der Waals surface area contributed by atoms with Crippen LogP contribution in [0.2, 0.25) is 0 Å². The lowest BCUT2D eigenvalue weighted by atomic mass is 10.2. The van der Waals surface area contributed by atoms with Crippen LogP contribution in [-0.2, 0) is 27.9 Å². The second-order valence-corrected chi connectivity index (χ2v) is 11.7. The van der Waals surface area contributed by atoms with Crippen molar-refractivity contribution in [2.45, 2.75) is 69.0 Å². The number of methoxy groups -OCH3 is 1. The number of hydrogen-bond donors (Lipinski definition) is 2. The fourth-order valence-electron chi connectivity index (χ4n) is 4.65. The van der Waals surface area contributed by atoms with E-state index < -0.39 is 28.4 Å². The topological polar surface area (TPSA) is 114 Å². The summed E-state index contributed by atoms with van der Waals surface area (Å²) in [5.74, 6) is 0.758. The molecule has 0 radical (unpaired) electrons. The van der Waals surface area contributed by atoms with Crippen molar-refractivity contribution in [3.63, 3.8) is 0 Å². The molecule has 2 N–H and O–H groups in total. The number of alkyl carbamates (subject to hydrolysis) is 1. The van der Waals surface area contributed by atoms with Crippen molar-refractivity contribution in [1.29, 1.82) is 0 Å². The first-order valence-electron chi connectivity index (χ1n) is 13.3. The molecule has 0 saturated heterocycles. The molecule has 0 aromatic heterocycles. The molecule has 3 aromatic carbocycles. The zero-order chi connectivity index (χ0) is 28.5. The molecule has 0 bridgehead atoms. The molecule has 9 nitrogen and oxygen atoms in total. The minimum Gasteiger partial charge on any atom is -0.493 e. The average molecular weight is 569 g/mol. The maximum Gasteiger partial charge on any atom is 0.408 e. The van der Waals surface area contributed by atoms with Crippen LogP contribution in [-0.4, -0.2) is 49.4 Å². The number of ether oxygens (including phenoxy) is 3. The zero-order valence-corrected chi connectivity index (χ0v) is 23.5. The largest absolute Gasteiger partial charge is 0.493 e.